The number of rotatable bonds is 7. The minimum Gasteiger partial charge on any atom is -0.394 e. The van der Waals surface area contributed by atoms with Gasteiger partial charge in [0.25, 0.3) is 0 Å². The fourth-order valence-corrected chi connectivity index (χ4v) is 1.71. The van der Waals surface area contributed by atoms with Gasteiger partial charge in [0.2, 0.25) is 0 Å². The van der Waals surface area contributed by atoms with Crippen molar-refractivity contribution >= 4 is 6.03 Å². The Balaban J connectivity index is 2.45. The number of nitrogens with one attached hydrogen (secondary N) is 2. The first-order chi connectivity index (χ1) is 9.17. The summed E-state index contributed by atoms with van der Waals surface area (Å²) in [5.74, 6) is 0. The van der Waals surface area contributed by atoms with Crippen LogP contribution in [0.25, 0.3) is 0 Å². The lowest BCUT2D eigenvalue weighted by Crippen LogP contribution is -2.43. The molecule has 0 heterocycles. The van der Waals surface area contributed by atoms with Crippen LogP contribution >= 0.6 is 0 Å². The van der Waals surface area contributed by atoms with E-state index in [1.54, 1.807) is 7.11 Å². The number of carbonyl (C=O) groups is 1. The number of carbonyl (C=O) groups excluding carboxylic acids is 1. The van der Waals surface area contributed by atoms with E-state index in [-0.39, 0.29) is 18.7 Å². The van der Waals surface area contributed by atoms with Crippen LogP contribution in [0.15, 0.2) is 30.3 Å². The second kappa shape index (κ2) is 8.50. The highest BCUT2D eigenvalue weighted by Crippen LogP contribution is 2.11. The van der Waals surface area contributed by atoms with Gasteiger partial charge in [0.05, 0.1) is 12.6 Å². The van der Waals surface area contributed by atoms with E-state index in [0.29, 0.717) is 6.61 Å². The first kappa shape index (κ1) is 15.5. The molecule has 0 spiro atoms. The van der Waals surface area contributed by atoms with Crippen LogP contribution in [0.2, 0.25) is 0 Å². The molecule has 106 valence electrons. The third-order valence-corrected chi connectivity index (χ3v) is 2.82. The average molecular weight is 266 g/mol. The predicted octanol–water partition coefficient (Wildman–Crippen LogP) is 1.44. The average Bonchev–Trinajstić information content (AvgIpc) is 2.43. The van der Waals surface area contributed by atoms with E-state index in [4.69, 9.17) is 4.74 Å². The zero-order valence-corrected chi connectivity index (χ0v) is 11.4. The first-order valence-electron chi connectivity index (χ1n) is 6.39. The largest absolute Gasteiger partial charge is 0.394 e. The Morgan fingerprint density at radius 1 is 1.32 bits per heavy atom. The van der Waals surface area contributed by atoms with Crippen molar-refractivity contribution in [1.82, 2.24) is 10.6 Å². The van der Waals surface area contributed by atoms with Gasteiger partial charge in [-0.2, -0.15) is 0 Å². The van der Waals surface area contributed by atoms with Gasteiger partial charge in [-0.15, -0.1) is 0 Å². The normalized spacial score (nSPS) is 13.6. The van der Waals surface area contributed by atoms with Gasteiger partial charge in [0.15, 0.2) is 0 Å². The van der Waals surface area contributed by atoms with Crippen LogP contribution in [0, 0.1) is 0 Å². The summed E-state index contributed by atoms with van der Waals surface area (Å²) in [5.41, 5.74) is 0.879. The SMILES string of the molecule is COCCC(C)NC(=O)NC(CO)c1ccccc1. The fourth-order valence-electron chi connectivity index (χ4n) is 1.71. The molecule has 2 unspecified atom stereocenters. The van der Waals surface area contributed by atoms with Crippen molar-refractivity contribution in [3.63, 3.8) is 0 Å². The highest BCUT2D eigenvalue weighted by Gasteiger charge is 2.14. The molecule has 0 radical (unpaired) electrons. The Kier molecular flexibility index (Phi) is 6.92. The quantitative estimate of drug-likeness (QED) is 0.699. The lowest BCUT2D eigenvalue weighted by molar-refractivity contribution is 0.182. The molecule has 2 atom stereocenters. The molecule has 0 aliphatic rings. The van der Waals surface area contributed by atoms with Crippen molar-refractivity contribution in [2.45, 2.75) is 25.4 Å². The maximum Gasteiger partial charge on any atom is 0.315 e. The molecule has 1 rings (SSSR count). The standard InChI is InChI=1S/C14H22N2O3/c1-11(8-9-19-2)15-14(18)16-13(10-17)12-6-4-3-5-7-12/h3-7,11,13,17H,8-10H2,1-2H3,(H2,15,16,18). The number of hydrogen-bond donors (Lipinski definition) is 3. The summed E-state index contributed by atoms with van der Waals surface area (Å²) in [4.78, 5) is 11.8. The highest BCUT2D eigenvalue weighted by atomic mass is 16.5. The number of hydrogen-bond acceptors (Lipinski definition) is 3. The molecular formula is C14H22N2O3. The molecule has 5 nitrogen and oxygen atoms in total. The Morgan fingerprint density at radius 2 is 2.00 bits per heavy atom. The van der Waals surface area contributed by atoms with Crippen LogP contribution in [0.3, 0.4) is 0 Å². The summed E-state index contributed by atoms with van der Waals surface area (Å²) in [7, 11) is 1.63. The van der Waals surface area contributed by atoms with E-state index in [2.05, 4.69) is 10.6 Å². The number of urea groups is 1. The van der Waals surface area contributed by atoms with Crippen LogP contribution < -0.4 is 10.6 Å². The van der Waals surface area contributed by atoms with Gasteiger partial charge >= 0.3 is 6.03 Å². The number of amides is 2. The topological polar surface area (TPSA) is 70.6 Å². The van der Waals surface area contributed by atoms with E-state index in [9.17, 15) is 9.90 Å². The van der Waals surface area contributed by atoms with Crippen molar-refractivity contribution in [2.75, 3.05) is 20.3 Å². The lowest BCUT2D eigenvalue weighted by Gasteiger charge is -2.19. The van der Waals surface area contributed by atoms with E-state index < -0.39 is 6.04 Å². The monoisotopic (exact) mass is 266 g/mol. The van der Waals surface area contributed by atoms with Gasteiger partial charge in [-0.05, 0) is 18.9 Å². The number of benzene rings is 1. The Bertz CT molecular complexity index is 370. The van der Waals surface area contributed by atoms with Crippen molar-refractivity contribution in [3.05, 3.63) is 35.9 Å². The summed E-state index contributed by atoms with van der Waals surface area (Å²) in [6.45, 7) is 2.38. The molecular weight excluding hydrogens is 244 g/mol. The van der Waals surface area contributed by atoms with Gasteiger partial charge < -0.3 is 20.5 Å². The summed E-state index contributed by atoms with van der Waals surface area (Å²) >= 11 is 0. The van der Waals surface area contributed by atoms with Crippen LogP contribution in [-0.2, 0) is 4.74 Å². The molecule has 1 aromatic carbocycles. The summed E-state index contributed by atoms with van der Waals surface area (Å²) in [6.07, 6.45) is 0.749. The molecule has 1 aromatic rings. The Hall–Kier alpha value is -1.59. The van der Waals surface area contributed by atoms with Gasteiger partial charge in [0.1, 0.15) is 0 Å². The smallest absolute Gasteiger partial charge is 0.315 e. The molecule has 0 saturated heterocycles. The maximum absolute atomic E-state index is 11.8. The zero-order chi connectivity index (χ0) is 14.1. The molecule has 19 heavy (non-hydrogen) atoms. The van der Waals surface area contributed by atoms with Gasteiger partial charge in [-0.25, -0.2) is 4.79 Å². The van der Waals surface area contributed by atoms with E-state index >= 15 is 0 Å². The van der Waals surface area contributed by atoms with Crippen molar-refractivity contribution < 1.29 is 14.6 Å². The van der Waals surface area contributed by atoms with Crippen molar-refractivity contribution in [2.24, 2.45) is 0 Å². The first-order valence-corrected chi connectivity index (χ1v) is 6.39. The van der Waals surface area contributed by atoms with Gasteiger partial charge in [-0.1, -0.05) is 30.3 Å². The molecule has 3 N–H and O–H groups in total. The Morgan fingerprint density at radius 3 is 2.58 bits per heavy atom. The van der Waals surface area contributed by atoms with Crippen molar-refractivity contribution in [3.8, 4) is 0 Å². The maximum atomic E-state index is 11.8. The number of aliphatic hydroxyl groups excluding tert-OH is 1. The molecule has 5 heteroatoms. The number of aliphatic hydroxyl groups is 1. The Labute approximate surface area is 114 Å². The minimum absolute atomic E-state index is 0.0232. The number of ether oxygens (including phenoxy) is 1. The molecule has 0 saturated carbocycles. The molecule has 0 aliphatic heterocycles. The molecule has 0 fully saturated rings. The number of methoxy groups -OCH3 is 1. The fraction of sp³-hybridized carbons (Fsp3) is 0.500. The predicted molar refractivity (Wildman–Crippen MR) is 73.9 cm³/mol. The van der Waals surface area contributed by atoms with Gasteiger partial charge in [0, 0.05) is 19.8 Å². The van der Waals surface area contributed by atoms with Crippen LogP contribution in [0.5, 0.6) is 0 Å². The summed E-state index contributed by atoms with van der Waals surface area (Å²) in [6, 6.07) is 8.73. The van der Waals surface area contributed by atoms with E-state index in [1.165, 1.54) is 0 Å². The summed E-state index contributed by atoms with van der Waals surface area (Å²) in [5, 5.41) is 14.9. The molecule has 0 aliphatic carbocycles. The zero-order valence-electron chi connectivity index (χ0n) is 11.4. The lowest BCUT2D eigenvalue weighted by atomic mass is 10.1. The van der Waals surface area contributed by atoms with E-state index in [1.807, 2.05) is 37.3 Å². The van der Waals surface area contributed by atoms with Crippen molar-refractivity contribution in [1.29, 1.82) is 0 Å². The minimum atomic E-state index is -0.393. The van der Waals surface area contributed by atoms with Crippen LogP contribution in [0.4, 0.5) is 4.79 Å². The molecule has 0 bridgehead atoms. The summed E-state index contributed by atoms with van der Waals surface area (Å²) < 4.78 is 4.95. The van der Waals surface area contributed by atoms with E-state index in [0.717, 1.165) is 12.0 Å². The molecule has 0 aromatic heterocycles. The second-order valence-corrected chi connectivity index (χ2v) is 4.45. The molecule has 2 amide bonds. The van der Waals surface area contributed by atoms with Crippen LogP contribution in [0.1, 0.15) is 24.9 Å². The third kappa shape index (κ3) is 5.72. The second-order valence-electron chi connectivity index (χ2n) is 4.45. The highest BCUT2D eigenvalue weighted by molar-refractivity contribution is 5.74. The van der Waals surface area contributed by atoms with Crippen LogP contribution in [-0.4, -0.2) is 37.5 Å². The van der Waals surface area contributed by atoms with Gasteiger partial charge in [-0.3, -0.25) is 0 Å². The third-order valence-electron chi connectivity index (χ3n) is 2.82.